The standard InChI is InChI=1S/C17H13ClFN3O3/c1-9-3-2-4-10(7-9)14(17(24)25)21-16(23)11-8-20-22-6-5-12(18)13(19)15(11)22/h2-8,14H,1H3,(H,21,23)(H,24,25). The van der Waals surface area contributed by atoms with Crippen molar-refractivity contribution in [1.29, 1.82) is 0 Å². The number of nitrogens with zero attached hydrogens (tertiary/aromatic N) is 2. The van der Waals surface area contributed by atoms with Gasteiger partial charge in [-0.3, -0.25) is 4.79 Å². The van der Waals surface area contributed by atoms with Crippen LogP contribution in [0.1, 0.15) is 27.5 Å². The van der Waals surface area contributed by atoms with Crippen LogP contribution in [0.3, 0.4) is 0 Å². The summed E-state index contributed by atoms with van der Waals surface area (Å²) in [6.07, 6.45) is 2.58. The maximum absolute atomic E-state index is 14.2. The number of pyridine rings is 1. The third kappa shape index (κ3) is 3.18. The lowest BCUT2D eigenvalue weighted by molar-refractivity contribution is -0.139. The van der Waals surface area contributed by atoms with Gasteiger partial charge in [0.1, 0.15) is 5.52 Å². The van der Waals surface area contributed by atoms with Crippen LogP contribution in [-0.4, -0.2) is 26.6 Å². The van der Waals surface area contributed by atoms with E-state index in [0.717, 1.165) is 5.56 Å². The van der Waals surface area contributed by atoms with E-state index in [9.17, 15) is 19.1 Å². The summed E-state index contributed by atoms with van der Waals surface area (Å²) in [5.41, 5.74) is 1.06. The van der Waals surface area contributed by atoms with Crippen molar-refractivity contribution in [3.05, 3.63) is 70.3 Å². The minimum absolute atomic E-state index is 0.0982. The minimum atomic E-state index is -1.27. The molecule has 6 nitrogen and oxygen atoms in total. The van der Waals surface area contributed by atoms with E-state index in [0.29, 0.717) is 5.56 Å². The first kappa shape index (κ1) is 16.9. The zero-order valence-electron chi connectivity index (χ0n) is 13.0. The van der Waals surface area contributed by atoms with Crippen molar-refractivity contribution in [2.24, 2.45) is 0 Å². The molecule has 8 heteroatoms. The lowest BCUT2D eigenvalue weighted by Crippen LogP contribution is -2.33. The summed E-state index contributed by atoms with van der Waals surface area (Å²) in [5.74, 6) is -2.78. The van der Waals surface area contributed by atoms with Crippen LogP contribution < -0.4 is 5.32 Å². The van der Waals surface area contributed by atoms with E-state index in [2.05, 4.69) is 10.4 Å². The second kappa shape index (κ2) is 6.52. The molecule has 0 aliphatic carbocycles. The van der Waals surface area contributed by atoms with Gasteiger partial charge < -0.3 is 10.4 Å². The van der Waals surface area contributed by atoms with Gasteiger partial charge in [-0.2, -0.15) is 5.10 Å². The third-order valence-electron chi connectivity index (χ3n) is 3.72. The molecule has 1 aromatic carbocycles. The molecule has 0 spiro atoms. The smallest absolute Gasteiger partial charge is 0.330 e. The molecule has 2 aromatic heterocycles. The average molecular weight is 362 g/mol. The number of halogens is 2. The number of nitrogens with one attached hydrogen (secondary N) is 1. The molecule has 0 bridgehead atoms. The number of carboxylic acid groups (broad SMARTS) is 1. The van der Waals surface area contributed by atoms with Crippen LogP contribution in [0, 0.1) is 12.7 Å². The van der Waals surface area contributed by atoms with Crippen LogP contribution in [0.25, 0.3) is 5.52 Å². The molecule has 0 saturated carbocycles. The molecule has 1 amide bonds. The molecule has 0 radical (unpaired) electrons. The highest BCUT2D eigenvalue weighted by Gasteiger charge is 2.25. The number of hydrogen-bond donors (Lipinski definition) is 2. The van der Waals surface area contributed by atoms with E-state index in [1.807, 2.05) is 13.0 Å². The lowest BCUT2D eigenvalue weighted by atomic mass is 10.0. The Labute approximate surface area is 146 Å². The molecule has 0 fully saturated rings. The number of aryl methyl sites for hydroxylation is 1. The lowest BCUT2D eigenvalue weighted by Gasteiger charge is -2.15. The topological polar surface area (TPSA) is 83.7 Å². The summed E-state index contributed by atoms with van der Waals surface area (Å²) in [5, 5.41) is 15.6. The molecule has 3 rings (SSSR count). The van der Waals surface area contributed by atoms with Crippen molar-refractivity contribution >= 4 is 29.0 Å². The van der Waals surface area contributed by atoms with Crippen LogP contribution in [0.2, 0.25) is 5.02 Å². The molecule has 2 N–H and O–H groups in total. The van der Waals surface area contributed by atoms with E-state index in [1.54, 1.807) is 18.2 Å². The molecule has 0 aliphatic heterocycles. The third-order valence-corrected chi connectivity index (χ3v) is 4.01. The second-order valence-corrected chi connectivity index (χ2v) is 5.90. The maximum Gasteiger partial charge on any atom is 0.330 e. The highest BCUT2D eigenvalue weighted by Crippen LogP contribution is 2.23. The van der Waals surface area contributed by atoms with E-state index in [-0.39, 0.29) is 16.1 Å². The number of aromatic nitrogens is 2. The Morgan fingerprint density at radius 3 is 2.80 bits per heavy atom. The fourth-order valence-corrected chi connectivity index (χ4v) is 2.67. The Morgan fingerprint density at radius 2 is 2.12 bits per heavy atom. The Balaban J connectivity index is 1.98. The van der Waals surface area contributed by atoms with Gasteiger partial charge in [-0.05, 0) is 18.6 Å². The van der Waals surface area contributed by atoms with Gasteiger partial charge >= 0.3 is 5.97 Å². The molecule has 1 unspecified atom stereocenters. The number of carbonyl (C=O) groups excluding carboxylic acids is 1. The number of hydrogen-bond acceptors (Lipinski definition) is 3. The van der Waals surface area contributed by atoms with E-state index in [1.165, 1.54) is 23.0 Å². The van der Waals surface area contributed by atoms with Crippen LogP contribution in [0.4, 0.5) is 4.39 Å². The first-order valence-electron chi connectivity index (χ1n) is 7.30. The Bertz CT molecular complexity index is 986. The maximum atomic E-state index is 14.2. The quantitative estimate of drug-likeness (QED) is 0.748. The molecule has 128 valence electrons. The Hall–Kier alpha value is -2.93. The van der Waals surface area contributed by atoms with Crippen LogP contribution in [0.15, 0.2) is 42.7 Å². The predicted molar refractivity (Wildman–Crippen MR) is 89.2 cm³/mol. The Kier molecular flexibility index (Phi) is 4.41. The number of fused-ring (bicyclic) bond motifs is 1. The number of carboxylic acids is 1. The number of benzene rings is 1. The highest BCUT2D eigenvalue weighted by molar-refractivity contribution is 6.31. The average Bonchev–Trinajstić information content (AvgIpc) is 3.00. The van der Waals surface area contributed by atoms with E-state index in [4.69, 9.17) is 11.6 Å². The molecule has 2 heterocycles. The summed E-state index contributed by atoms with van der Waals surface area (Å²) < 4.78 is 15.4. The summed E-state index contributed by atoms with van der Waals surface area (Å²) in [4.78, 5) is 24.1. The first-order valence-corrected chi connectivity index (χ1v) is 7.68. The van der Waals surface area contributed by atoms with Crippen LogP contribution in [-0.2, 0) is 4.79 Å². The monoisotopic (exact) mass is 361 g/mol. The molecule has 25 heavy (non-hydrogen) atoms. The van der Waals surface area contributed by atoms with Crippen molar-refractivity contribution in [3.63, 3.8) is 0 Å². The summed E-state index contributed by atoms with van der Waals surface area (Å²) >= 11 is 5.75. The SMILES string of the molecule is Cc1cccc(C(NC(=O)c2cnn3ccc(Cl)c(F)c23)C(=O)O)c1. The van der Waals surface area contributed by atoms with Gasteiger partial charge in [-0.1, -0.05) is 41.4 Å². The van der Waals surface area contributed by atoms with Gasteiger partial charge in [0, 0.05) is 6.20 Å². The fraction of sp³-hybridized carbons (Fsp3) is 0.118. The van der Waals surface area contributed by atoms with Crippen LogP contribution in [0.5, 0.6) is 0 Å². The van der Waals surface area contributed by atoms with Gasteiger partial charge in [0.25, 0.3) is 5.91 Å². The summed E-state index contributed by atoms with van der Waals surface area (Å²) in [6, 6.07) is 6.80. The zero-order chi connectivity index (χ0) is 18.1. The van der Waals surface area contributed by atoms with Gasteiger partial charge in [-0.25, -0.2) is 13.7 Å². The van der Waals surface area contributed by atoms with Gasteiger partial charge in [0.05, 0.1) is 16.8 Å². The normalized spacial score (nSPS) is 12.1. The van der Waals surface area contributed by atoms with Gasteiger partial charge in [0.15, 0.2) is 11.9 Å². The number of rotatable bonds is 4. The molecular weight excluding hydrogens is 349 g/mol. The largest absolute Gasteiger partial charge is 0.479 e. The number of carbonyl (C=O) groups is 2. The molecule has 0 saturated heterocycles. The molecule has 1 atom stereocenters. The van der Waals surface area contributed by atoms with Crippen LogP contribution >= 0.6 is 11.6 Å². The minimum Gasteiger partial charge on any atom is -0.479 e. The predicted octanol–water partition coefficient (Wildman–Crippen LogP) is 2.99. The van der Waals surface area contributed by atoms with Crippen molar-refractivity contribution in [2.75, 3.05) is 0 Å². The van der Waals surface area contributed by atoms with Crippen molar-refractivity contribution in [2.45, 2.75) is 13.0 Å². The zero-order valence-corrected chi connectivity index (χ0v) is 13.8. The highest BCUT2D eigenvalue weighted by atomic mass is 35.5. The molecular formula is C17H13ClFN3O3. The first-order chi connectivity index (χ1) is 11.9. The number of aliphatic carboxylic acids is 1. The fourth-order valence-electron chi connectivity index (χ4n) is 2.53. The van der Waals surface area contributed by atoms with Crippen molar-refractivity contribution in [3.8, 4) is 0 Å². The summed E-state index contributed by atoms with van der Waals surface area (Å²) in [7, 11) is 0. The van der Waals surface area contributed by atoms with Gasteiger partial charge in [-0.15, -0.1) is 0 Å². The van der Waals surface area contributed by atoms with E-state index >= 15 is 0 Å². The summed E-state index contributed by atoms with van der Waals surface area (Å²) in [6.45, 7) is 1.81. The molecule has 3 aromatic rings. The van der Waals surface area contributed by atoms with Gasteiger partial charge in [0.2, 0.25) is 0 Å². The van der Waals surface area contributed by atoms with Crippen molar-refractivity contribution < 1.29 is 19.1 Å². The van der Waals surface area contributed by atoms with Crippen molar-refractivity contribution in [1.82, 2.24) is 14.9 Å². The second-order valence-electron chi connectivity index (χ2n) is 5.49. The molecule has 0 aliphatic rings. The number of amides is 1. The Morgan fingerprint density at radius 1 is 1.36 bits per heavy atom. The van der Waals surface area contributed by atoms with E-state index < -0.39 is 23.7 Å².